The Morgan fingerprint density at radius 3 is 1.05 bits per heavy atom. The lowest BCUT2D eigenvalue weighted by atomic mass is 9.72. The maximum Gasteiger partial charge on any atom is 0.306 e. The van der Waals surface area contributed by atoms with E-state index in [-0.39, 0.29) is 29.5 Å². The van der Waals surface area contributed by atoms with Crippen LogP contribution >= 0.6 is 0 Å². The van der Waals surface area contributed by atoms with E-state index in [9.17, 15) is 14.4 Å². The van der Waals surface area contributed by atoms with Crippen LogP contribution in [0.3, 0.4) is 0 Å². The number of ketones is 1. The Morgan fingerprint density at radius 2 is 0.800 bits per heavy atom. The van der Waals surface area contributed by atoms with Gasteiger partial charge in [-0.15, -0.1) is 0 Å². The summed E-state index contributed by atoms with van der Waals surface area (Å²) in [5, 5.41) is 17.9. The van der Waals surface area contributed by atoms with E-state index in [0.717, 1.165) is 0 Å². The lowest BCUT2D eigenvalue weighted by molar-refractivity contribution is -0.145. The van der Waals surface area contributed by atoms with Crippen molar-refractivity contribution in [1.29, 1.82) is 0 Å². The van der Waals surface area contributed by atoms with Crippen LogP contribution in [0.1, 0.15) is 51.4 Å². The number of carbonyl (C=O) groups is 3. The highest BCUT2D eigenvalue weighted by Gasteiger charge is 2.35. The highest BCUT2D eigenvalue weighted by Crippen LogP contribution is 2.36. The molecule has 2 aliphatic carbocycles. The van der Waals surface area contributed by atoms with Gasteiger partial charge in [0.05, 0.1) is 11.8 Å². The van der Waals surface area contributed by atoms with Crippen molar-refractivity contribution in [1.82, 2.24) is 0 Å². The average molecular weight is 282 g/mol. The third-order valence-corrected chi connectivity index (χ3v) is 4.96. The second kappa shape index (κ2) is 6.37. The summed E-state index contributed by atoms with van der Waals surface area (Å²) in [6.07, 6.45) is 5.07. The first-order valence-corrected chi connectivity index (χ1v) is 7.48. The Balaban J connectivity index is 1.81. The molecule has 0 atom stereocenters. The number of carboxylic acids is 2. The summed E-state index contributed by atoms with van der Waals surface area (Å²) in [6, 6.07) is 0. The highest BCUT2D eigenvalue weighted by atomic mass is 16.4. The molecular weight excluding hydrogens is 260 g/mol. The normalized spacial score (nSPS) is 34.4. The van der Waals surface area contributed by atoms with Crippen molar-refractivity contribution >= 4 is 17.7 Å². The van der Waals surface area contributed by atoms with Crippen LogP contribution in [0, 0.1) is 23.7 Å². The molecule has 0 aromatic carbocycles. The predicted molar refractivity (Wildman–Crippen MR) is 71.2 cm³/mol. The largest absolute Gasteiger partial charge is 0.481 e. The first kappa shape index (κ1) is 15.0. The molecule has 0 bridgehead atoms. The second-order valence-corrected chi connectivity index (χ2v) is 6.18. The first-order valence-electron chi connectivity index (χ1n) is 7.48. The van der Waals surface area contributed by atoms with Crippen molar-refractivity contribution < 1.29 is 24.6 Å². The van der Waals surface area contributed by atoms with Crippen LogP contribution in [0.25, 0.3) is 0 Å². The van der Waals surface area contributed by atoms with Crippen LogP contribution in [-0.2, 0) is 14.4 Å². The molecule has 20 heavy (non-hydrogen) atoms. The van der Waals surface area contributed by atoms with Gasteiger partial charge in [-0.25, -0.2) is 0 Å². The fourth-order valence-corrected chi connectivity index (χ4v) is 3.58. The van der Waals surface area contributed by atoms with E-state index in [1.54, 1.807) is 0 Å². The van der Waals surface area contributed by atoms with Gasteiger partial charge in [-0.05, 0) is 51.4 Å². The van der Waals surface area contributed by atoms with Gasteiger partial charge in [0.15, 0.2) is 0 Å². The maximum atomic E-state index is 12.4. The van der Waals surface area contributed by atoms with Crippen LogP contribution in [0.5, 0.6) is 0 Å². The Morgan fingerprint density at radius 1 is 0.550 bits per heavy atom. The van der Waals surface area contributed by atoms with Crippen LogP contribution in [0.15, 0.2) is 0 Å². The number of Topliss-reactive ketones (excluding diaryl/α,β-unsaturated/α-hetero) is 1. The van der Waals surface area contributed by atoms with Gasteiger partial charge in [0, 0.05) is 11.8 Å². The van der Waals surface area contributed by atoms with Gasteiger partial charge in [0.2, 0.25) is 0 Å². The van der Waals surface area contributed by atoms with Crippen molar-refractivity contribution in [2.45, 2.75) is 51.4 Å². The van der Waals surface area contributed by atoms with Gasteiger partial charge in [-0.2, -0.15) is 0 Å². The van der Waals surface area contributed by atoms with Crippen molar-refractivity contribution in [3.8, 4) is 0 Å². The SMILES string of the molecule is O=C(O)C1CCC(C(=O)C2CCC(C(=O)O)CC2)CC1. The van der Waals surface area contributed by atoms with E-state index < -0.39 is 11.9 Å². The van der Waals surface area contributed by atoms with Gasteiger partial charge < -0.3 is 10.2 Å². The average Bonchev–Trinajstić information content (AvgIpc) is 2.46. The summed E-state index contributed by atoms with van der Waals surface area (Å²) < 4.78 is 0. The Hall–Kier alpha value is -1.39. The van der Waals surface area contributed by atoms with Gasteiger partial charge in [0.1, 0.15) is 5.78 Å². The number of rotatable bonds is 4. The summed E-state index contributed by atoms with van der Waals surface area (Å²) in [5.74, 6) is -1.84. The van der Waals surface area contributed by atoms with Crippen LogP contribution in [0.4, 0.5) is 0 Å². The zero-order valence-electron chi connectivity index (χ0n) is 11.6. The van der Waals surface area contributed by atoms with Crippen LogP contribution in [0.2, 0.25) is 0 Å². The lowest BCUT2D eigenvalue weighted by Crippen LogP contribution is -2.32. The summed E-state index contributed by atoms with van der Waals surface area (Å²) in [4.78, 5) is 34.2. The zero-order chi connectivity index (χ0) is 14.7. The molecule has 0 amide bonds. The van der Waals surface area contributed by atoms with E-state index in [4.69, 9.17) is 10.2 Å². The number of aliphatic carboxylic acids is 2. The first-order chi connectivity index (χ1) is 9.49. The van der Waals surface area contributed by atoms with E-state index in [2.05, 4.69) is 0 Å². The predicted octanol–water partition coefficient (Wildman–Crippen LogP) is 2.34. The molecule has 112 valence electrons. The van der Waals surface area contributed by atoms with Gasteiger partial charge in [0.25, 0.3) is 0 Å². The van der Waals surface area contributed by atoms with E-state index in [1.807, 2.05) is 0 Å². The topological polar surface area (TPSA) is 91.7 Å². The number of hydrogen-bond acceptors (Lipinski definition) is 3. The quantitative estimate of drug-likeness (QED) is 0.825. The zero-order valence-corrected chi connectivity index (χ0v) is 11.6. The summed E-state index contributed by atoms with van der Waals surface area (Å²) >= 11 is 0. The molecule has 0 saturated heterocycles. The molecule has 0 spiro atoms. The molecule has 5 nitrogen and oxygen atoms in total. The fourth-order valence-electron chi connectivity index (χ4n) is 3.58. The molecule has 0 heterocycles. The minimum Gasteiger partial charge on any atom is -0.481 e. The molecule has 2 fully saturated rings. The third-order valence-electron chi connectivity index (χ3n) is 4.96. The Bertz CT molecular complexity index is 351. The molecule has 0 unspecified atom stereocenters. The van der Waals surface area contributed by atoms with Crippen LogP contribution in [-0.4, -0.2) is 27.9 Å². The standard InChI is InChI=1S/C15H22O5/c16-13(9-1-5-11(6-2-9)14(17)18)10-3-7-12(8-4-10)15(19)20/h9-12H,1-8H2,(H,17,18)(H,19,20). The molecule has 2 saturated carbocycles. The Labute approximate surface area is 118 Å². The molecular formula is C15H22O5. The number of carbonyl (C=O) groups excluding carboxylic acids is 1. The maximum absolute atomic E-state index is 12.4. The van der Waals surface area contributed by atoms with Gasteiger partial charge >= 0.3 is 11.9 Å². The van der Waals surface area contributed by atoms with Gasteiger partial charge in [-0.3, -0.25) is 14.4 Å². The summed E-state index contributed by atoms with van der Waals surface area (Å²) in [6.45, 7) is 0. The van der Waals surface area contributed by atoms with E-state index in [1.165, 1.54) is 0 Å². The minimum atomic E-state index is -0.752. The smallest absolute Gasteiger partial charge is 0.306 e. The molecule has 2 N–H and O–H groups in total. The lowest BCUT2D eigenvalue weighted by Gasteiger charge is -2.31. The van der Waals surface area contributed by atoms with Crippen molar-refractivity contribution in [2.24, 2.45) is 23.7 Å². The molecule has 5 heteroatoms. The number of hydrogen-bond donors (Lipinski definition) is 2. The molecule has 0 radical (unpaired) electrons. The van der Waals surface area contributed by atoms with E-state index >= 15 is 0 Å². The molecule has 2 aliphatic rings. The summed E-state index contributed by atoms with van der Waals surface area (Å²) in [7, 11) is 0. The fraction of sp³-hybridized carbons (Fsp3) is 0.800. The molecule has 0 aromatic rings. The molecule has 0 aromatic heterocycles. The van der Waals surface area contributed by atoms with Crippen LogP contribution < -0.4 is 0 Å². The molecule has 2 rings (SSSR count). The monoisotopic (exact) mass is 282 g/mol. The minimum absolute atomic E-state index is 0.00280. The molecule has 0 aliphatic heterocycles. The van der Waals surface area contributed by atoms with Crippen molar-refractivity contribution in [2.75, 3.05) is 0 Å². The van der Waals surface area contributed by atoms with E-state index in [0.29, 0.717) is 51.4 Å². The van der Waals surface area contributed by atoms with Gasteiger partial charge in [-0.1, -0.05) is 0 Å². The highest BCUT2D eigenvalue weighted by molar-refractivity contribution is 5.84. The van der Waals surface area contributed by atoms with Crippen molar-refractivity contribution in [3.63, 3.8) is 0 Å². The third kappa shape index (κ3) is 3.38. The second-order valence-electron chi connectivity index (χ2n) is 6.18. The Kier molecular flexibility index (Phi) is 4.78. The number of carboxylic acid groups (broad SMARTS) is 2. The summed E-state index contributed by atoms with van der Waals surface area (Å²) in [5.41, 5.74) is 0. The van der Waals surface area contributed by atoms with Crippen molar-refractivity contribution in [3.05, 3.63) is 0 Å².